The van der Waals surface area contributed by atoms with Gasteiger partial charge in [0.25, 0.3) is 0 Å². The minimum absolute atomic E-state index is 0.0231. The molecule has 0 bridgehead atoms. The lowest BCUT2D eigenvalue weighted by Crippen LogP contribution is -2.47. The Morgan fingerprint density at radius 2 is 1.92 bits per heavy atom. The third kappa shape index (κ3) is 6.50. The predicted octanol–water partition coefficient (Wildman–Crippen LogP) is 2.73. The van der Waals surface area contributed by atoms with Gasteiger partial charge in [0.2, 0.25) is 0 Å². The first-order chi connectivity index (χ1) is 12.4. The molecule has 0 aliphatic heterocycles. The minimum atomic E-state index is -1.15. The van der Waals surface area contributed by atoms with Gasteiger partial charge in [0, 0.05) is 17.3 Å². The summed E-state index contributed by atoms with van der Waals surface area (Å²) in [6.45, 7) is 1.71. The van der Waals surface area contributed by atoms with Gasteiger partial charge in [-0.25, -0.2) is 4.79 Å². The maximum absolute atomic E-state index is 12.2. The van der Waals surface area contributed by atoms with Gasteiger partial charge in [-0.15, -0.1) is 11.3 Å². The number of benzene rings is 1. The summed E-state index contributed by atoms with van der Waals surface area (Å²) in [5.41, 5.74) is -0.129. The van der Waals surface area contributed by atoms with Crippen molar-refractivity contribution in [1.82, 2.24) is 10.6 Å². The quantitative estimate of drug-likeness (QED) is 0.541. The van der Waals surface area contributed by atoms with Crippen molar-refractivity contribution >= 4 is 23.3 Å². The van der Waals surface area contributed by atoms with Crippen LogP contribution in [0.3, 0.4) is 0 Å². The second kappa shape index (κ2) is 9.35. The molecule has 26 heavy (non-hydrogen) atoms. The SMILES string of the molecule is CC(O)(CNC(=O)NC(CCC(=O)O)Cc1ccccc1)c1cccs1. The van der Waals surface area contributed by atoms with E-state index in [1.165, 1.54) is 11.3 Å². The third-order valence-corrected chi connectivity index (χ3v) is 5.13. The molecular weight excluding hydrogens is 352 g/mol. The summed E-state index contributed by atoms with van der Waals surface area (Å²) in [4.78, 5) is 23.9. The number of thiophene rings is 1. The first kappa shape index (κ1) is 19.9. The van der Waals surface area contributed by atoms with Gasteiger partial charge >= 0.3 is 12.0 Å². The van der Waals surface area contributed by atoms with Crippen LogP contribution in [0.1, 0.15) is 30.2 Å². The van der Waals surface area contributed by atoms with Crippen LogP contribution in [0, 0.1) is 0 Å². The molecule has 2 unspecified atom stereocenters. The molecule has 2 atom stereocenters. The molecular formula is C19H24N2O4S. The number of carbonyl (C=O) groups is 2. The van der Waals surface area contributed by atoms with Crippen molar-refractivity contribution in [2.75, 3.05) is 6.54 Å². The van der Waals surface area contributed by atoms with E-state index in [0.29, 0.717) is 12.8 Å². The maximum atomic E-state index is 12.2. The molecule has 4 N–H and O–H groups in total. The molecule has 2 amide bonds. The number of hydrogen-bond acceptors (Lipinski definition) is 4. The number of carboxylic acids is 1. The van der Waals surface area contributed by atoms with Crippen LogP contribution in [-0.2, 0) is 16.8 Å². The normalized spacial score (nSPS) is 14.2. The van der Waals surface area contributed by atoms with Crippen LogP contribution in [0.25, 0.3) is 0 Å². The Bertz CT molecular complexity index is 702. The summed E-state index contributed by atoms with van der Waals surface area (Å²) >= 11 is 1.42. The fourth-order valence-corrected chi connectivity index (χ4v) is 3.37. The average molecular weight is 376 g/mol. The lowest BCUT2D eigenvalue weighted by molar-refractivity contribution is -0.137. The van der Waals surface area contributed by atoms with E-state index in [1.54, 1.807) is 6.92 Å². The molecule has 0 fully saturated rings. The van der Waals surface area contributed by atoms with Gasteiger partial charge in [0.15, 0.2) is 0 Å². The van der Waals surface area contributed by atoms with Gasteiger partial charge in [0.05, 0.1) is 6.54 Å². The third-order valence-electron chi connectivity index (χ3n) is 4.01. The molecule has 2 aromatic rings. The van der Waals surface area contributed by atoms with Crippen LogP contribution >= 0.6 is 11.3 Å². The van der Waals surface area contributed by atoms with E-state index in [4.69, 9.17) is 5.11 Å². The second-order valence-corrected chi connectivity index (χ2v) is 7.34. The zero-order chi connectivity index (χ0) is 19.0. The highest BCUT2D eigenvalue weighted by Crippen LogP contribution is 2.24. The molecule has 0 spiro atoms. The van der Waals surface area contributed by atoms with Crippen molar-refractivity contribution in [3.8, 4) is 0 Å². The first-order valence-electron chi connectivity index (χ1n) is 8.43. The van der Waals surface area contributed by atoms with Crippen molar-refractivity contribution < 1.29 is 19.8 Å². The summed E-state index contributed by atoms with van der Waals surface area (Å²) < 4.78 is 0. The highest BCUT2D eigenvalue weighted by Gasteiger charge is 2.25. The molecule has 0 radical (unpaired) electrons. The summed E-state index contributed by atoms with van der Waals surface area (Å²) in [7, 11) is 0. The Labute approximate surface area is 156 Å². The number of amides is 2. The summed E-state index contributed by atoms with van der Waals surface area (Å²) in [6, 6.07) is 12.5. The van der Waals surface area contributed by atoms with Crippen LogP contribution in [0.5, 0.6) is 0 Å². The van der Waals surface area contributed by atoms with E-state index in [1.807, 2.05) is 47.8 Å². The molecule has 0 saturated carbocycles. The fraction of sp³-hybridized carbons (Fsp3) is 0.368. The van der Waals surface area contributed by atoms with Gasteiger partial charge in [0.1, 0.15) is 5.60 Å². The molecule has 0 aliphatic rings. The van der Waals surface area contributed by atoms with Crippen LogP contribution in [0.15, 0.2) is 47.8 Å². The van der Waals surface area contributed by atoms with Crippen LogP contribution in [0.4, 0.5) is 4.79 Å². The number of rotatable bonds is 9. The Morgan fingerprint density at radius 1 is 1.19 bits per heavy atom. The molecule has 1 heterocycles. The summed E-state index contributed by atoms with van der Waals surface area (Å²) in [5.74, 6) is -0.897. The van der Waals surface area contributed by atoms with E-state index >= 15 is 0 Å². The summed E-state index contributed by atoms with van der Waals surface area (Å²) in [5, 5.41) is 26.7. The van der Waals surface area contributed by atoms with E-state index in [2.05, 4.69) is 10.6 Å². The Balaban J connectivity index is 1.91. The van der Waals surface area contributed by atoms with Crippen molar-refractivity contribution in [1.29, 1.82) is 0 Å². The smallest absolute Gasteiger partial charge is 0.315 e. The molecule has 2 rings (SSSR count). The standard InChI is InChI=1S/C19H24N2O4S/c1-19(25,16-8-5-11-26-16)13-20-18(24)21-15(9-10-17(22)23)12-14-6-3-2-4-7-14/h2-8,11,15,25H,9-10,12-13H2,1H3,(H,22,23)(H2,20,21,24). The van der Waals surface area contributed by atoms with Gasteiger partial charge in [-0.3, -0.25) is 4.79 Å². The zero-order valence-corrected chi connectivity index (χ0v) is 15.5. The number of urea groups is 1. The van der Waals surface area contributed by atoms with E-state index in [0.717, 1.165) is 10.4 Å². The lowest BCUT2D eigenvalue weighted by Gasteiger charge is -2.24. The molecule has 0 saturated heterocycles. The van der Waals surface area contributed by atoms with E-state index in [-0.39, 0.29) is 19.0 Å². The van der Waals surface area contributed by atoms with Gasteiger partial charge in [-0.2, -0.15) is 0 Å². The average Bonchev–Trinajstić information content (AvgIpc) is 3.14. The predicted molar refractivity (Wildman–Crippen MR) is 101 cm³/mol. The van der Waals surface area contributed by atoms with Gasteiger partial charge in [-0.1, -0.05) is 36.4 Å². The molecule has 7 heteroatoms. The summed E-state index contributed by atoms with van der Waals surface area (Å²) in [6.07, 6.45) is 0.854. The molecule has 140 valence electrons. The number of carboxylic acid groups (broad SMARTS) is 1. The monoisotopic (exact) mass is 376 g/mol. The van der Waals surface area contributed by atoms with Crippen molar-refractivity contribution in [2.24, 2.45) is 0 Å². The van der Waals surface area contributed by atoms with Crippen LogP contribution in [0.2, 0.25) is 0 Å². The second-order valence-electron chi connectivity index (χ2n) is 6.40. The highest BCUT2D eigenvalue weighted by molar-refractivity contribution is 7.10. The molecule has 0 aliphatic carbocycles. The largest absolute Gasteiger partial charge is 0.481 e. The lowest BCUT2D eigenvalue weighted by atomic mass is 10.0. The Hall–Kier alpha value is -2.38. The van der Waals surface area contributed by atoms with Crippen molar-refractivity contribution in [3.05, 3.63) is 58.3 Å². The van der Waals surface area contributed by atoms with Gasteiger partial charge < -0.3 is 20.8 Å². The number of nitrogens with one attached hydrogen (secondary N) is 2. The zero-order valence-electron chi connectivity index (χ0n) is 14.6. The highest BCUT2D eigenvalue weighted by atomic mass is 32.1. The maximum Gasteiger partial charge on any atom is 0.315 e. The molecule has 6 nitrogen and oxygen atoms in total. The number of carbonyl (C=O) groups excluding carboxylic acids is 1. The van der Waals surface area contributed by atoms with E-state index in [9.17, 15) is 14.7 Å². The van der Waals surface area contributed by atoms with Gasteiger partial charge in [-0.05, 0) is 36.8 Å². The first-order valence-corrected chi connectivity index (χ1v) is 9.31. The van der Waals surface area contributed by atoms with Crippen LogP contribution in [-0.4, -0.2) is 34.8 Å². The molecule has 1 aromatic heterocycles. The number of aliphatic carboxylic acids is 1. The van der Waals surface area contributed by atoms with Crippen LogP contribution < -0.4 is 10.6 Å². The van der Waals surface area contributed by atoms with Crippen molar-refractivity contribution in [3.63, 3.8) is 0 Å². The molecule has 1 aromatic carbocycles. The van der Waals surface area contributed by atoms with E-state index < -0.39 is 17.6 Å². The fourth-order valence-electron chi connectivity index (χ4n) is 2.58. The number of aliphatic hydroxyl groups is 1. The minimum Gasteiger partial charge on any atom is -0.481 e. The Kier molecular flexibility index (Phi) is 7.17. The topological polar surface area (TPSA) is 98.7 Å². The van der Waals surface area contributed by atoms with Crippen molar-refractivity contribution in [2.45, 2.75) is 37.8 Å². The Morgan fingerprint density at radius 3 is 2.54 bits per heavy atom. The number of hydrogen-bond donors (Lipinski definition) is 4.